The molecule has 0 saturated heterocycles. The number of nitrogens with two attached hydrogens (primary N) is 2. The number of hydrogen-bond acceptors (Lipinski definition) is 6. The van der Waals surface area contributed by atoms with E-state index < -0.39 is 5.54 Å². The van der Waals surface area contributed by atoms with Crippen molar-refractivity contribution in [3.8, 4) is 5.75 Å². The minimum Gasteiger partial charge on any atom is -0.497 e. The summed E-state index contributed by atoms with van der Waals surface area (Å²) in [6.07, 6.45) is 0.676. The Kier molecular flexibility index (Phi) is 4.37. The maximum Gasteiger partial charge on any atom is 0.147 e. The molecule has 0 aliphatic rings. The highest BCUT2D eigenvalue weighted by atomic mass is 32.1. The lowest BCUT2D eigenvalue weighted by Crippen LogP contribution is -2.48. The van der Waals surface area contributed by atoms with Gasteiger partial charge in [-0.1, -0.05) is 12.1 Å². The number of hydrogen-bond donors (Lipinski definition) is 2. The maximum atomic E-state index is 6.19. The number of aromatic nitrogens is 2. The van der Waals surface area contributed by atoms with Gasteiger partial charge in [0, 0.05) is 12.5 Å². The molecule has 108 valence electrons. The number of rotatable bonds is 5. The van der Waals surface area contributed by atoms with E-state index in [9.17, 15) is 0 Å². The predicted octanol–water partition coefficient (Wildman–Crippen LogP) is 1.66. The highest BCUT2D eigenvalue weighted by Crippen LogP contribution is 2.23. The quantitative estimate of drug-likeness (QED) is 0.875. The van der Waals surface area contributed by atoms with E-state index in [0.717, 1.165) is 22.1 Å². The van der Waals surface area contributed by atoms with Crippen LogP contribution in [-0.2, 0) is 12.0 Å². The van der Waals surface area contributed by atoms with E-state index in [0.29, 0.717) is 6.42 Å². The van der Waals surface area contributed by atoms with Gasteiger partial charge in [-0.15, -0.1) is 0 Å². The lowest BCUT2D eigenvalue weighted by atomic mass is 9.97. The van der Waals surface area contributed by atoms with Gasteiger partial charge in [0.25, 0.3) is 0 Å². The first-order chi connectivity index (χ1) is 9.43. The Morgan fingerprint density at radius 1 is 1.35 bits per heavy atom. The molecule has 0 saturated carbocycles. The van der Waals surface area contributed by atoms with Crippen molar-refractivity contribution in [3.63, 3.8) is 0 Å². The van der Waals surface area contributed by atoms with Gasteiger partial charge in [0.05, 0.1) is 12.6 Å². The number of nitrogens with zero attached hydrogens (tertiary/aromatic N) is 2. The first-order valence-electron chi connectivity index (χ1n) is 6.44. The van der Waals surface area contributed by atoms with Crippen molar-refractivity contribution in [3.05, 3.63) is 40.7 Å². The second-order valence-corrected chi connectivity index (χ2v) is 5.86. The summed E-state index contributed by atoms with van der Waals surface area (Å²) in [4.78, 5) is 4.51. The molecule has 2 aromatic rings. The molecule has 0 fully saturated rings. The molecule has 2 atom stereocenters. The highest BCUT2D eigenvalue weighted by molar-refractivity contribution is 7.05. The van der Waals surface area contributed by atoms with E-state index in [1.165, 1.54) is 11.5 Å². The minimum atomic E-state index is -0.643. The van der Waals surface area contributed by atoms with Gasteiger partial charge in [-0.3, -0.25) is 0 Å². The molecule has 2 rings (SSSR count). The zero-order valence-corrected chi connectivity index (χ0v) is 12.8. The number of benzene rings is 1. The van der Waals surface area contributed by atoms with E-state index in [-0.39, 0.29) is 6.04 Å². The van der Waals surface area contributed by atoms with Gasteiger partial charge < -0.3 is 16.2 Å². The summed E-state index contributed by atoms with van der Waals surface area (Å²) in [5.41, 5.74) is 12.6. The molecule has 2 unspecified atom stereocenters. The molecule has 20 heavy (non-hydrogen) atoms. The third kappa shape index (κ3) is 3.15. The molecule has 0 spiro atoms. The molecule has 0 aliphatic heterocycles. The molecule has 4 N–H and O–H groups in total. The average molecular weight is 292 g/mol. The fourth-order valence-electron chi connectivity index (χ4n) is 1.67. The van der Waals surface area contributed by atoms with E-state index in [1.54, 1.807) is 7.11 Å². The lowest BCUT2D eigenvalue weighted by molar-refractivity contribution is 0.407. The Hall–Kier alpha value is -1.50. The molecule has 1 aromatic heterocycles. The van der Waals surface area contributed by atoms with Crippen LogP contribution in [-0.4, -0.2) is 22.5 Å². The van der Waals surface area contributed by atoms with Crippen LogP contribution in [0, 0.1) is 0 Å². The van der Waals surface area contributed by atoms with Gasteiger partial charge in [0.1, 0.15) is 16.6 Å². The van der Waals surface area contributed by atoms with Gasteiger partial charge in [-0.05, 0) is 43.1 Å². The molecular weight excluding hydrogens is 272 g/mol. The number of ether oxygens (including phenoxy) is 1. The molecular formula is C14H20N4OS. The standard InChI is InChI=1S/C14H20N4OS/c1-9(15)14(2,16)13-17-12(18-20-13)8-10-4-6-11(19-3)7-5-10/h4-7,9H,8,15-16H2,1-3H3. The van der Waals surface area contributed by atoms with E-state index in [4.69, 9.17) is 16.2 Å². The van der Waals surface area contributed by atoms with Crippen LogP contribution in [0.15, 0.2) is 24.3 Å². The second kappa shape index (κ2) is 5.87. The smallest absolute Gasteiger partial charge is 0.147 e. The predicted molar refractivity (Wildman–Crippen MR) is 80.9 cm³/mol. The van der Waals surface area contributed by atoms with Crippen molar-refractivity contribution in [2.24, 2.45) is 11.5 Å². The zero-order valence-electron chi connectivity index (χ0n) is 12.0. The van der Waals surface area contributed by atoms with Gasteiger partial charge in [0.15, 0.2) is 0 Å². The first-order valence-corrected chi connectivity index (χ1v) is 7.21. The van der Waals surface area contributed by atoms with Crippen LogP contribution in [0.25, 0.3) is 0 Å². The van der Waals surface area contributed by atoms with Gasteiger partial charge >= 0.3 is 0 Å². The fraction of sp³-hybridized carbons (Fsp3) is 0.429. The highest BCUT2D eigenvalue weighted by Gasteiger charge is 2.30. The summed E-state index contributed by atoms with van der Waals surface area (Å²) in [5, 5.41) is 0.774. The Labute approximate surface area is 123 Å². The molecule has 6 heteroatoms. The van der Waals surface area contributed by atoms with Gasteiger partial charge in [0.2, 0.25) is 0 Å². The Morgan fingerprint density at radius 3 is 2.55 bits per heavy atom. The third-order valence-electron chi connectivity index (χ3n) is 3.40. The van der Waals surface area contributed by atoms with Crippen molar-refractivity contribution in [1.29, 1.82) is 0 Å². The van der Waals surface area contributed by atoms with Crippen LogP contribution in [0.2, 0.25) is 0 Å². The summed E-state index contributed by atoms with van der Waals surface area (Å²) in [5.74, 6) is 1.61. The molecule has 0 radical (unpaired) electrons. The topological polar surface area (TPSA) is 87.0 Å². The van der Waals surface area contributed by atoms with Crippen molar-refractivity contribution < 1.29 is 4.74 Å². The second-order valence-electron chi connectivity index (χ2n) is 5.11. The molecule has 0 amide bonds. The van der Waals surface area contributed by atoms with Crippen LogP contribution in [0.5, 0.6) is 5.75 Å². The Balaban J connectivity index is 2.13. The Morgan fingerprint density at radius 2 is 2.00 bits per heavy atom. The summed E-state index contributed by atoms with van der Waals surface area (Å²) in [6, 6.07) is 7.69. The molecule has 1 heterocycles. The number of methoxy groups -OCH3 is 1. The van der Waals surface area contributed by atoms with E-state index in [2.05, 4.69) is 9.36 Å². The van der Waals surface area contributed by atoms with Crippen molar-refractivity contribution in [1.82, 2.24) is 9.36 Å². The fourth-order valence-corrected chi connectivity index (χ4v) is 2.49. The van der Waals surface area contributed by atoms with E-state index in [1.807, 2.05) is 38.1 Å². The monoisotopic (exact) mass is 292 g/mol. The lowest BCUT2D eigenvalue weighted by Gasteiger charge is -2.25. The van der Waals surface area contributed by atoms with Gasteiger partial charge in [-0.25, -0.2) is 4.98 Å². The van der Waals surface area contributed by atoms with Crippen molar-refractivity contribution in [2.45, 2.75) is 31.8 Å². The van der Waals surface area contributed by atoms with E-state index >= 15 is 0 Å². The summed E-state index contributed by atoms with van der Waals surface area (Å²) in [6.45, 7) is 3.76. The van der Waals surface area contributed by atoms with Crippen molar-refractivity contribution in [2.75, 3.05) is 7.11 Å². The Bertz CT molecular complexity index is 563. The van der Waals surface area contributed by atoms with Crippen LogP contribution >= 0.6 is 11.5 Å². The van der Waals surface area contributed by atoms with Gasteiger partial charge in [-0.2, -0.15) is 4.37 Å². The first kappa shape index (κ1) is 14.9. The molecule has 0 aliphatic carbocycles. The normalized spacial score (nSPS) is 15.7. The molecule has 5 nitrogen and oxygen atoms in total. The maximum absolute atomic E-state index is 6.19. The van der Waals surface area contributed by atoms with Crippen molar-refractivity contribution >= 4 is 11.5 Å². The summed E-state index contributed by atoms with van der Waals surface area (Å²) >= 11 is 1.32. The van der Waals surface area contributed by atoms with Crippen LogP contribution in [0.1, 0.15) is 30.2 Å². The third-order valence-corrected chi connectivity index (χ3v) is 4.40. The molecule has 0 bridgehead atoms. The zero-order chi connectivity index (χ0) is 14.8. The van der Waals surface area contributed by atoms with Crippen LogP contribution in [0.4, 0.5) is 0 Å². The minimum absolute atomic E-state index is 0.177. The molecule has 1 aromatic carbocycles. The SMILES string of the molecule is COc1ccc(Cc2nsc(C(C)(N)C(C)N)n2)cc1. The largest absolute Gasteiger partial charge is 0.497 e. The van der Waals surface area contributed by atoms with Crippen LogP contribution in [0.3, 0.4) is 0 Å². The van der Waals surface area contributed by atoms with Crippen LogP contribution < -0.4 is 16.2 Å². The summed E-state index contributed by atoms with van der Waals surface area (Å²) < 4.78 is 9.50. The summed E-state index contributed by atoms with van der Waals surface area (Å²) in [7, 11) is 1.65. The average Bonchev–Trinajstić information content (AvgIpc) is 2.88.